The Kier molecular flexibility index (Phi) is 10.3. The minimum Gasteiger partial charge on any atom is -0.490 e. The van der Waals surface area contributed by atoms with E-state index in [-0.39, 0.29) is 41.8 Å². The van der Waals surface area contributed by atoms with Crippen molar-refractivity contribution >= 4 is 10.8 Å². The average molecular weight is 521 g/mol. The molecule has 0 amide bonds. The molecule has 0 radical (unpaired) electrons. The summed E-state index contributed by atoms with van der Waals surface area (Å²) in [5.74, 6) is -2.46. The van der Waals surface area contributed by atoms with Gasteiger partial charge in [0.25, 0.3) is 0 Å². The fraction of sp³-hybridized carbons (Fsp3) is 0.538. The maximum atomic E-state index is 15.1. The van der Waals surface area contributed by atoms with E-state index in [9.17, 15) is 26.9 Å². The molecule has 0 bridgehead atoms. The molecule has 1 aliphatic heterocycles. The third-order valence-corrected chi connectivity index (χ3v) is 8.48. The van der Waals surface area contributed by atoms with Gasteiger partial charge in [0, 0.05) is 17.4 Å². The summed E-state index contributed by atoms with van der Waals surface area (Å²) in [7, 11) is -1.98. The van der Waals surface area contributed by atoms with E-state index in [1.807, 2.05) is 27.7 Å². The Morgan fingerprint density at radius 2 is 1.63 bits per heavy atom. The Labute approximate surface area is 206 Å². The Morgan fingerprint density at radius 1 is 1.03 bits per heavy atom. The van der Waals surface area contributed by atoms with E-state index >= 15 is 4.39 Å². The average Bonchev–Trinajstić information content (AvgIpc) is 2.87. The lowest BCUT2D eigenvalue weighted by Crippen LogP contribution is -2.52. The van der Waals surface area contributed by atoms with Gasteiger partial charge in [-0.05, 0) is 61.6 Å². The fourth-order valence-corrected chi connectivity index (χ4v) is 7.07. The van der Waals surface area contributed by atoms with E-state index in [1.54, 1.807) is 0 Å². The lowest BCUT2D eigenvalue weighted by molar-refractivity contribution is -0.137. The third kappa shape index (κ3) is 5.56. The van der Waals surface area contributed by atoms with Crippen molar-refractivity contribution in [1.29, 1.82) is 0 Å². The van der Waals surface area contributed by atoms with Crippen molar-refractivity contribution in [3.63, 3.8) is 0 Å². The van der Waals surface area contributed by atoms with E-state index in [0.717, 1.165) is 36.4 Å². The number of aliphatic hydroxyl groups is 1. The molecule has 0 saturated heterocycles. The minimum absolute atomic E-state index is 0.00951. The summed E-state index contributed by atoms with van der Waals surface area (Å²) in [6.07, 6.45) is -2.63. The maximum Gasteiger partial charge on any atom is 0.416 e. The first kappa shape index (κ1) is 29.2. The van der Waals surface area contributed by atoms with Crippen LogP contribution in [0.5, 0.6) is 5.75 Å². The zero-order valence-electron chi connectivity index (χ0n) is 20.4. The van der Waals surface area contributed by atoms with Gasteiger partial charge in [0.15, 0.2) is 11.6 Å². The number of alkyl halides is 3. The molecule has 196 valence electrons. The Balaban J connectivity index is 0.00000103. The summed E-state index contributed by atoms with van der Waals surface area (Å²) >= 11 is 0. The molecule has 1 heterocycles. The molecule has 2 unspecified atom stereocenters. The Bertz CT molecular complexity index is 992. The molecule has 0 spiro atoms. The van der Waals surface area contributed by atoms with E-state index in [1.165, 1.54) is 0 Å². The van der Waals surface area contributed by atoms with Gasteiger partial charge in [-0.3, -0.25) is 4.21 Å². The number of benzene rings is 2. The predicted octanol–water partition coefficient (Wildman–Crippen LogP) is 7.23. The monoisotopic (exact) mass is 520 g/mol. The molecule has 2 aliphatic rings. The number of fused-ring (bicyclic) bond motifs is 3. The fourth-order valence-electron chi connectivity index (χ4n) is 5.03. The van der Waals surface area contributed by atoms with Gasteiger partial charge in [-0.2, -0.15) is 13.2 Å². The minimum atomic E-state index is -4.54. The van der Waals surface area contributed by atoms with Crippen LogP contribution in [0.15, 0.2) is 41.3 Å². The largest absolute Gasteiger partial charge is 0.490 e. The SMILES string of the molecule is CC.CC.O=S(c1ccc(C(F)(F)F)cc1)[C@@]12CCC[C@@H](CCO)C1COc1c(F)ccc(F)c12. The smallest absolute Gasteiger partial charge is 0.416 e. The number of hydrogen-bond acceptors (Lipinski definition) is 3. The zero-order chi connectivity index (χ0) is 26.4. The van der Waals surface area contributed by atoms with Gasteiger partial charge in [0.05, 0.1) is 33.3 Å². The lowest BCUT2D eigenvalue weighted by Gasteiger charge is -2.50. The molecule has 0 aromatic heterocycles. The topological polar surface area (TPSA) is 46.5 Å². The van der Waals surface area contributed by atoms with E-state index < -0.39 is 44.8 Å². The Morgan fingerprint density at radius 3 is 2.20 bits per heavy atom. The van der Waals surface area contributed by atoms with Crippen molar-refractivity contribution < 1.29 is 36.0 Å². The molecule has 4 atom stereocenters. The van der Waals surface area contributed by atoms with Gasteiger partial charge in [-0.1, -0.05) is 34.1 Å². The first-order chi connectivity index (χ1) is 16.7. The van der Waals surface area contributed by atoms with Gasteiger partial charge in [0.1, 0.15) is 5.82 Å². The van der Waals surface area contributed by atoms with E-state index in [2.05, 4.69) is 0 Å². The highest BCUT2D eigenvalue weighted by atomic mass is 32.2. The number of aliphatic hydroxyl groups excluding tert-OH is 1. The maximum absolute atomic E-state index is 15.1. The van der Waals surface area contributed by atoms with Crippen LogP contribution < -0.4 is 4.74 Å². The standard InChI is InChI=1S/C22H21F5O3S.2C2H6/c23-17-7-8-18(24)20-19(17)21(10-1-2-13(9-11-28)16(21)12-30-20)31(29)15-5-3-14(4-6-15)22(25,26)27;2*1-2/h3-8,13,16,28H,1-2,9-12H2;2*1-2H3/t13-,16?,21-,31?;;/m0../s1. The van der Waals surface area contributed by atoms with Crippen LogP contribution in [0.1, 0.15) is 64.5 Å². The molecular formula is C26H33F5O3S. The second-order valence-electron chi connectivity index (χ2n) is 8.00. The molecule has 1 N–H and O–H groups in total. The van der Waals surface area contributed by atoms with Crippen LogP contribution >= 0.6 is 0 Å². The first-order valence-electron chi connectivity index (χ1n) is 12.0. The van der Waals surface area contributed by atoms with Crippen LogP contribution in [0.3, 0.4) is 0 Å². The highest BCUT2D eigenvalue weighted by molar-refractivity contribution is 7.86. The van der Waals surface area contributed by atoms with Crippen molar-refractivity contribution in [3.05, 3.63) is 59.2 Å². The number of ether oxygens (including phenoxy) is 1. The summed E-state index contributed by atoms with van der Waals surface area (Å²) in [4.78, 5) is 0.110. The van der Waals surface area contributed by atoms with E-state index in [4.69, 9.17) is 4.74 Å². The summed E-state index contributed by atoms with van der Waals surface area (Å²) in [6.45, 7) is 7.87. The molecule has 1 aliphatic carbocycles. The van der Waals surface area contributed by atoms with Gasteiger partial charge in [-0.15, -0.1) is 0 Å². The van der Waals surface area contributed by atoms with Crippen LogP contribution in [0.2, 0.25) is 0 Å². The van der Waals surface area contributed by atoms with Gasteiger partial charge < -0.3 is 9.84 Å². The second kappa shape index (κ2) is 12.3. The lowest BCUT2D eigenvalue weighted by atomic mass is 9.66. The Hall–Kier alpha value is -2.00. The highest BCUT2D eigenvalue weighted by Gasteiger charge is 2.56. The number of rotatable bonds is 4. The number of hydrogen-bond donors (Lipinski definition) is 1. The highest BCUT2D eigenvalue weighted by Crippen LogP contribution is 2.57. The summed E-state index contributed by atoms with van der Waals surface area (Å²) in [5.41, 5.74) is -1.00. The molecule has 1 saturated carbocycles. The van der Waals surface area contributed by atoms with Crippen LogP contribution in [-0.2, 0) is 21.7 Å². The predicted molar refractivity (Wildman–Crippen MR) is 127 cm³/mol. The summed E-state index contributed by atoms with van der Waals surface area (Å²) < 4.78 is 86.6. The van der Waals surface area contributed by atoms with Crippen molar-refractivity contribution in [2.75, 3.05) is 13.2 Å². The van der Waals surface area contributed by atoms with Crippen LogP contribution in [-0.4, -0.2) is 22.5 Å². The summed E-state index contributed by atoms with van der Waals surface area (Å²) in [6, 6.07) is 5.85. The normalized spacial score (nSPS) is 23.8. The second-order valence-corrected chi connectivity index (χ2v) is 9.73. The van der Waals surface area contributed by atoms with Gasteiger partial charge in [0.2, 0.25) is 0 Å². The van der Waals surface area contributed by atoms with Crippen molar-refractivity contribution in [1.82, 2.24) is 0 Å². The molecule has 2 aromatic carbocycles. The molecule has 1 fully saturated rings. The van der Waals surface area contributed by atoms with Crippen molar-refractivity contribution in [2.24, 2.45) is 11.8 Å². The van der Waals surface area contributed by atoms with Crippen molar-refractivity contribution in [2.45, 2.75) is 69.2 Å². The molecule has 4 rings (SSSR count). The van der Waals surface area contributed by atoms with Gasteiger partial charge in [-0.25, -0.2) is 8.78 Å². The quantitative estimate of drug-likeness (QED) is 0.433. The van der Waals surface area contributed by atoms with Crippen LogP contribution in [0, 0.1) is 23.5 Å². The van der Waals surface area contributed by atoms with Crippen LogP contribution in [0.25, 0.3) is 0 Å². The van der Waals surface area contributed by atoms with Gasteiger partial charge >= 0.3 is 6.18 Å². The zero-order valence-corrected chi connectivity index (χ0v) is 21.2. The molecule has 9 heteroatoms. The molecule has 35 heavy (non-hydrogen) atoms. The van der Waals surface area contributed by atoms with Crippen molar-refractivity contribution in [3.8, 4) is 5.75 Å². The molecule has 3 nitrogen and oxygen atoms in total. The summed E-state index contributed by atoms with van der Waals surface area (Å²) in [5, 5.41) is 9.49. The van der Waals surface area contributed by atoms with Crippen LogP contribution in [0.4, 0.5) is 22.0 Å². The first-order valence-corrected chi connectivity index (χ1v) is 13.2. The number of halogens is 5. The van der Waals surface area contributed by atoms with E-state index in [0.29, 0.717) is 19.3 Å². The molecular weight excluding hydrogens is 487 g/mol. The molecule has 2 aromatic rings. The third-order valence-electron chi connectivity index (χ3n) is 6.41.